The van der Waals surface area contributed by atoms with Gasteiger partial charge in [-0.05, 0) is 24.6 Å². The lowest BCUT2D eigenvalue weighted by molar-refractivity contribution is 0.837. The van der Waals surface area contributed by atoms with Gasteiger partial charge in [-0.2, -0.15) is 10.5 Å². The lowest BCUT2D eigenvalue weighted by Crippen LogP contribution is -2.01. The molecule has 0 aliphatic carbocycles. The van der Waals surface area contributed by atoms with Crippen molar-refractivity contribution in [1.29, 1.82) is 10.5 Å². The van der Waals surface area contributed by atoms with Gasteiger partial charge in [-0.25, -0.2) is 9.97 Å². The van der Waals surface area contributed by atoms with E-state index < -0.39 is 0 Å². The van der Waals surface area contributed by atoms with E-state index in [1.165, 1.54) is 0 Å². The Bertz CT molecular complexity index is 743. The number of benzene rings is 1. The molecule has 5 nitrogen and oxygen atoms in total. The first-order valence-corrected chi connectivity index (χ1v) is 6.78. The molecule has 0 fully saturated rings. The number of aromatic nitrogens is 2. The highest BCUT2D eigenvalue weighted by atomic mass is 35.5. The van der Waals surface area contributed by atoms with Crippen molar-refractivity contribution in [3.05, 3.63) is 46.4 Å². The minimum atomic E-state index is 0.316. The van der Waals surface area contributed by atoms with Gasteiger partial charge in [0.1, 0.15) is 28.9 Å². The summed E-state index contributed by atoms with van der Waals surface area (Å²) in [6, 6.07) is 10.5. The van der Waals surface area contributed by atoms with Crippen molar-refractivity contribution >= 4 is 23.1 Å². The largest absolute Gasteiger partial charge is 0.340 e. The topological polar surface area (TPSA) is 85.4 Å². The first-order valence-electron chi connectivity index (χ1n) is 6.41. The summed E-state index contributed by atoms with van der Waals surface area (Å²) < 4.78 is 0. The van der Waals surface area contributed by atoms with Crippen molar-refractivity contribution in [3.63, 3.8) is 0 Å². The molecule has 1 aromatic carbocycles. The van der Waals surface area contributed by atoms with Gasteiger partial charge in [-0.1, -0.05) is 18.5 Å². The molecule has 2 aromatic rings. The third kappa shape index (κ3) is 3.68. The number of rotatable bonds is 4. The molecule has 6 heteroatoms. The van der Waals surface area contributed by atoms with Crippen molar-refractivity contribution in [2.75, 3.05) is 5.32 Å². The smallest absolute Gasteiger partial charge is 0.135 e. The van der Waals surface area contributed by atoms with Crippen molar-refractivity contribution < 1.29 is 0 Å². The Balaban J connectivity index is 2.30. The number of aryl methyl sites for hydroxylation is 1. The fraction of sp³-hybridized carbons (Fsp3) is 0.200. The van der Waals surface area contributed by atoms with E-state index in [0.29, 0.717) is 33.6 Å². The van der Waals surface area contributed by atoms with E-state index in [0.717, 1.165) is 12.8 Å². The summed E-state index contributed by atoms with van der Waals surface area (Å²) >= 11 is 5.97. The molecule has 0 aliphatic rings. The molecular formula is C15H12ClN5. The van der Waals surface area contributed by atoms with Crippen LogP contribution in [0.2, 0.25) is 5.15 Å². The second-order valence-corrected chi connectivity index (χ2v) is 4.74. The Morgan fingerprint density at radius 1 is 1.14 bits per heavy atom. The zero-order valence-corrected chi connectivity index (χ0v) is 12.1. The summed E-state index contributed by atoms with van der Waals surface area (Å²) in [7, 11) is 0. The first-order chi connectivity index (χ1) is 10.2. The van der Waals surface area contributed by atoms with E-state index in [4.69, 9.17) is 22.1 Å². The van der Waals surface area contributed by atoms with Gasteiger partial charge in [0.15, 0.2) is 0 Å². The van der Waals surface area contributed by atoms with Crippen LogP contribution in [-0.2, 0) is 6.42 Å². The highest BCUT2D eigenvalue weighted by Crippen LogP contribution is 2.20. The van der Waals surface area contributed by atoms with Crippen molar-refractivity contribution in [3.8, 4) is 12.1 Å². The molecule has 0 saturated carbocycles. The van der Waals surface area contributed by atoms with Gasteiger partial charge in [0.2, 0.25) is 0 Å². The molecule has 0 radical (unpaired) electrons. The van der Waals surface area contributed by atoms with E-state index in [9.17, 15) is 0 Å². The minimum Gasteiger partial charge on any atom is -0.340 e. The van der Waals surface area contributed by atoms with Crippen LogP contribution in [0.5, 0.6) is 0 Å². The van der Waals surface area contributed by atoms with Crippen LogP contribution >= 0.6 is 11.6 Å². The van der Waals surface area contributed by atoms with Gasteiger partial charge in [0.25, 0.3) is 0 Å². The fourth-order valence-corrected chi connectivity index (χ4v) is 2.02. The number of nitrogens with zero attached hydrogens (tertiary/aromatic N) is 4. The maximum absolute atomic E-state index is 9.02. The normalized spacial score (nSPS) is 9.71. The van der Waals surface area contributed by atoms with Crippen LogP contribution in [0.25, 0.3) is 0 Å². The van der Waals surface area contributed by atoms with Crippen LogP contribution < -0.4 is 5.32 Å². The molecule has 0 unspecified atom stereocenters. The van der Waals surface area contributed by atoms with Crippen LogP contribution in [0.15, 0.2) is 24.3 Å². The van der Waals surface area contributed by atoms with Crippen LogP contribution in [0.3, 0.4) is 0 Å². The Kier molecular flexibility index (Phi) is 4.71. The molecule has 2 rings (SSSR count). The number of hydrogen-bond donors (Lipinski definition) is 1. The van der Waals surface area contributed by atoms with Crippen molar-refractivity contribution in [2.45, 2.75) is 19.8 Å². The molecule has 0 atom stereocenters. The lowest BCUT2D eigenvalue weighted by Gasteiger charge is -2.08. The summed E-state index contributed by atoms with van der Waals surface area (Å²) in [5, 5.41) is 21.4. The summed E-state index contributed by atoms with van der Waals surface area (Å²) in [5.74, 6) is 1.23. The van der Waals surface area contributed by atoms with Gasteiger partial charge >= 0.3 is 0 Å². The van der Waals surface area contributed by atoms with Crippen LogP contribution in [0.4, 0.5) is 11.5 Å². The zero-order chi connectivity index (χ0) is 15.2. The van der Waals surface area contributed by atoms with Crippen molar-refractivity contribution in [2.24, 2.45) is 0 Å². The molecule has 1 aromatic heterocycles. The second kappa shape index (κ2) is 6.69. The zero-order valence-electron chi connectivity index (χ0n) is 11.4. The van der Waals surface area contributed by atoms with Crippen LogP contribution in [0.1, 0.15) is 30.3 Å². The standard InChI is InChI=1S/C15H12ClN5/c1-2-3-14-20-13(16)7-15(21-14)19-12-5-4-10(8-17)11(6-12)9-18/h4-7H,2-3H2,1H3,(H,19,20,21). The SMILES string of the molecule is CCCc1nc(Cl)cc(Nc2ccc(C#N)c(C#N)c2)n1. The number of anilines is 2. The number of hydrogen-bond acceptors (Lipinski definition) is 5. The maximum Gasteiger partial charge on any atom is 0.135 e. The van der Waals surface area contributed by atoms with Gasteiger partial charge in [0, 0.05) is 18.2 Å². The summed E-state index contributed by atoms with van der Waals surface area (Å²) in [6.07, 6.45) is 1.67. The van der Waals surface area contributed by atoms with E-state index in [1.807, 2.05) is 19.1 Å². The van der Waals surface area contributed by atoms with Gasteiger partial charge in [0.05, 0.1) is 11.1 Å². The van der Waals surface area contributed by atoms with E-state index in [1.54, 1.807) is 24.3 Å². The summed E-state index contributed by atoms with van der Waals surface area (Å²) in [6.45, 7) is 2.04. The maximum atomic E-state index is 9.02. The fourth-order valence-electron chi connectivity index (χ4n) is 1.82. The number of halogens is 1. The molecule has 0 aliphatic heterocycles. The van der Waals surface area contributed by atoms with Gasteiger partial charge < -0.3 is 5.32 Å². The van der Waals surface area contributed by atoms with E-state index in [-0.39, 0.29) is 0 Å². The van der Waals surface area contributed by atoms with Gasteiger partial charge in [-0.15, -0.1) is 0 Å². The molecule has 104 valence electrons. The molecule has 1 N–H and O–H groups in total. The predicted octanol–water partition coefficient (Wildman–Crippen LogP) is 3.57. The third-order valence-corrected chi connectivity index (χ3v) is 2.94. The highest BCUT2D eigenvalue weighted by molar-refractivity contribution is 6.29. The Labute approximate surface area is 127 Å². The Morgan fingerprint density at radius 2 is 1.90 bits per heavy atom. The summed E-state index contributed by atoms with van der Waals surface area (Å²) in [4.78, 5) is 8.51. The molecule has 0 bridgehead atoms. The molecule has 0 amide bonds. The second-order valence-electron chi connectivity index (χ2n) is 4.35. The third-order valence-electron chi connectivity index (χ3n) is 2.75. The molecule has 21 heavy (non-hydrogen) atoms. The quantitative estimate of drug-likeness (QED) is 0.872. The molecule has 1 heterocycles. The average molecular weight is 298 g/mol. The number of nitrogens with one attached hydrogen (secondary N) is 1. The molecule has 0 saturated heterocycles. The van der Waals surface area contributed by atoms with Crippen molar-refractivity contribution in [1.82, 2.24) is 9.97 Å². The first kappa shape index (κ1) is 14.8. The predicted molar refractivity (Wildman–Crippen MR) is 80.2 cm³/mol. The minimum absolute atomic E-state index is 0.316. The number of nitriles is 2. The van der Waals surface area contributed by atoms with Crippen LogP contribution in [0, 0.1) is 22.7 Å². The lowest BCUT2D eigenvalue weighted by atomic mass is 10.1. The highest BCUT2D eigenvalue weighted by Gasteiger charge is 2.06. The Hall–Kier alpha value is -2.63. The monoisotopic (exact) mass is 297 g/mol. The molecule has 0 spiro atoms. The molecular weight excluding hydrogens is 286 g/mol. The summed E-state index contributed by atoms with van der Waals surface area (Å²) in [5.41, 5.74) is 1.33. The Morgan fingerprint density at radius 3 is 2.57 bits per heavy atom. The van der Waals surface area contributed by atoms with Crippen LogP contribution in [-0.4, -0.2) is 9.97 Å². The van der Waals surface area contributed by atoms with Gasteiger partial charge in [-0.3, -0.25) is 0 Å². The van der Waals surface area contributed by atoms with E-state index >= 15 is 0 Å². The average Bonchev–Trinajstić information content (AvgIpc) is 2.46. The van der Waals surface area contributed by atoms with E-state index in [2.05, 4.69) is 15.3 Å².